The Morgan fingerprint density at radius 1 is 1.22 bits per heavy atom. The molecule has 0 spiro atoms. The highest BCUT2D eigenvalue weighted by Crippen LogP contribution is 2.17. The van der Waals surface area contributed by atoms with Crippen molar-refractivity contribution in [1.82, 2.24) is 15.4 Å². The Kier molecular flexibility index (Phi) is 7.98. The van der Waals surface area contributed by atoms with Gasteiger partial charge in [-0.3, -0.25) is 4.99 Å². The summed E-state index contributed by atoms with van der Waals surface area (Å²) in [5.41, 5.74) is 2.08. The molecule has 0 bridgehead atoms. The van der Waals surface area contributed by atoms with Crippen LogP contribution < -0.4 is 14.8 Å². The first-order valence-corrected chi connectivity index (χ1v) is 9.23. The first-order valence-electron chi connectivity index (χ1n) is 9.23. The van der Waals surface area contributed by atoms with E-state index in [1.807, 2.05) is 45.2 Å². The van der Waals surface area contributed by atoms with Gasteiger partial charge in [-0.2, -0.15) is 0 Å². The summed E-state index contributed by atoms with van der Waals surface area (Å²) in [6.07, 6.45) is 0.812. The van der Waals surface area contributed by atoms with Gasteiger partial charge in [-0.05, 0) is 51.5 Å². The van der Waals surface area contributed by atoms with Gasteiger partial charge in [0.05, 0.1) is 19.3 Å². The summed E-state index contributed by atoms with van der Waals surface area (Å²) in [7, 11) is 3.66. The van der Waals surface area contributed by atoms with E-state index in [0.717, 1.165) is 54.0 Å². The summed E-state index contributed by atoms with van der Waals surface area (Å²) in [4.78, 5) is 6.78. The molecule has 7 heteroatoms. The number of hydrogen-bond donors (Lipinski definition) is 1. The van der Waals surface area contributed by atoms with Crippen LogP contribution in [0.4, 0.5) is 0 Å². The third kappa shape index (κ3) is 6.20. The Bertz CT molecular complexity index is 706. The van der Waals surface area contributed by atoms with E-state index < -0.39 is 0 Å². The second kappa shape index (κ2) is 10.4. The monoisotopic (exact) mass is 374 g/mol. The number of hydrogen-bond acceptors (Lipinski definition) is 5. The third-order valence-corrected chi connectivity index (χ3v) is 4.26. The normalized spacial score (nSPS) is 11.4. The number of ether oxygens (including phenoxy) is 2. The van der Waals surface area contributed by atoms with Gasteiger partial charge in [0.1, 0.15) is 23.9 Å². The molecule has 1 heterocycles. The summed E-state index contributed by atoms with van der Waals surface area (Å²) in [5.74, 6) is 3.38. The van der Waals surface area contributed by atoms with Crippen LogP contribution in [0.15, 0.2) is 33.8 Å². The molecule has 2 aromatic rings. The van der Waals surface area contributed by atoms with Crippen LogP contribution in [0, 0.1) is 13.8 Å². The number of rotatable bonds is 9. The molecule has 1 aromatic heterocycles. The number of benzene rings is 1. The van der Waals surface area contributed by atoms with Crippen molar-refractivity contribution in [3.8, 4) is 11.5 Å². The van der Waals surface area contributed by atoms with Gasteiger partial charge in [-0.1, -0.05) is 5.16 Å². The summed E-state index contributed by atoms with van der Waals surface area (Å²) in [6, 6.07) is 7.59. The average Bonchev–Trinajstić information content (AvgIpc) is 2.99. The molecule has 2 rings (SSSR count). The molecule has 0 aliphatic rings. The first kappa shape index (κ1) is 20.6. The fourth-order valence-electron chi connectivity index (χ4n) is 2.68. The van der Waals surface area contributed by atoms with E-state index in [1.54, 1.807) is 7.11 Å². The average molecular weight is 374 g/mol. The number of guanidine groups is 1. The second-order valence-corrected chi connectivity index (χ2v) is 6.23. The van der Waals surface area contributed by atoms with Crippen LogP contribution in [-0.4, -0.2) is 56.4 Å². The van der Waals surface area contributed by atoms with Gasteiger partial charge in [-0.15, -0.1) is 0 Å². The lowest BCUT2D eigenvalue weighted by molar-refractivity contribution is 0.281. The molecule has 0 unspecified atom stereocenters. The molecule has 0 saturated heterocycles. The molecular formula is C20H30N4O3. The van der Waals surface area contributed by atoms with Crippen molar-refractivity contribution in [2.75, 3.05) is 40.4 Å². The Hall–Kier alpha value is -2.70. The summed E-state index contributed by atoms with van der Waals surface area (Å²) in [5, 5.41) is 7.31. The van der Waals surface area contributed by atoms with Crippen molar-refractivity contribution in [2.24, 2.45) is 4.99 Å². The molecular weight excluding hydrogens is 344 g/mol. The van der Waals surface area contributed by atoms with Gasteiger partial charge < -0.3 is 24.2 Å². The molecule has 0 atom stereocenters. The lowest BCUT2D eigenvalue weighted by atomic mass is 10.1. The first-order chi connectivity index (χ1) is 13.0. The zero-order valence-corrected chi connectivity index (χ0v) is 16.9. The molecule has 27 heavy (non-hydrogen) atoms. The summed E-state index contributed by atoms with van der Waals surface area (Å²) in [6.45, 7) is 8.74. The minimum atomic E-state index is 0.567. The number of nitrogens with one attached hydrogen (secondary N) is 1. The van der Waals surface area contributed by atoms with Crippen LogP contribution in [0.2, 0.25) is 0 Å². The quantitative estimate of drug-likeness (QED) is 0.537. The number of aryl methyl sites for hydroxylation is 2. The van der Waals surface area contributed by atoms with Gasteiger partial charge >= 0.3 is 0 Å². The molecule has 1 aromatic carbocycles. The van der Waals surface area contributed by atoms with Crippen molar-refractivity contribution in [2.45, 2.75) is 27.2 Å². The van der Waals surface area contributed by atoms with E-state index in [4.69, 9.17) is 19.0 Å². The number of nitrogens with zero attached hydrogens (tertiary/aromatic N) is 3. The van der Waals surface area contributed by atoms with E-state index in [2.05, 4.69) is 22.3 Å². The van der Waals surface area contributed by atoms with E-state index in [1.165, 1.54) is 0 Å². The number of methoxy groups -OCH3 is 1. The highest BCUT2D eigenvalue weighted by atomic mass is 16.5. The van der Waals surface area contributed by atoms with Crippen LogP contribution in [0.25, 0.3) is 0 Å². The fourth-order valence-corrected chi connectivity index (χ4v) is 2.68. The zero-order valence-electron chi connectivity index (χ0n) is 16.9. The van der Waals surface area contributed by atoms with Crippen molar-refractivity contribution in [3.05, 3.63) is 41.3 Å². The molecule has 0 saturated carbocycles. The van der Waals surface area contributed by atoms with Crippen LogP contribution >= 0.6 is 0 Å². The Morgan fingerprint density at radius 2 is 1.93 bits per heavy atom. The third-order valence-electron chi connectivity index (χ3n) is 4.26. The van der Waals surface area contributed by atoms with E-state index >= 15 is 0 Å². The molecule has 0 aliphatic heterocycles. The molecule has 0 amide bonds. The van der Waals surface area contributed by atoms with E-state index in [0.29, 0.717) is 13.2 Å². The SMILES string of the molecule is CCNC(=NCCc1c(C)noc1C)N(C)CCOc1ccc(OC)cc1. The van der Waals surface area contributed by atoms with Gasteiger partial charge in [0.2, 0.25) is 0 Å². The molecule has 0 fully saturated rings. The zero-order chi connectivity index (χ0) is 19.6. The lowest BCUT2D eigenvalue weighted by Crippen LogP contribution is -2.41. The van der Waals surface area contributed by atoms with E-state index in [-0.39, 0.29) is 0 Å². The van der Waals surface area contributed by atoms with Gasteiger partial charge in [0.15, 0.2) is 5.96 Å². The highest BCUT2D eigenvalue weighted by molar-refractivity contribution is 5.79. The van der Waals surface area contributed by atoms with Crippen LogP contribution in [0.5, 0.6) is 11.5 Å². The van der Waals surface area contributed by atoms with E-state index in [9.17, 15) is 0 Å². The predicted octanol–water partition coefficient (Wildman–Crippen LogP) is 2.82. The Labute approximate surface area is 161 Å². The number of likely N-dealkylation sites (N-methyl/N-ethyl adjacent to an activating group) is 1. The standard InChI is InChI=1S/C20H30N4O3/c1-6-21-20(22-12-11-19-15(2)23-27-16(19)3)24(4)13-14-26-18-9-7-17(25-5)8-10-18/h7-10H,6,11-14H2,1-5H3,(H,21,22). The largest absolute Gasteiger partial charge is 0.497 e. The van der Waals surface area contributed by atoms with Crippen LogP contribution in [0.3, 0.4) is 0 Å². The van der Waals surface area contributed by atoms with Crippen LogP contribution in [-0.2, 0) is 6.42 Å². The number of aliphatic imine (C=N–C) groups is 1. The maximum absolute atomic E-state index is 5.80. The number of aromatic nitrogens is 1. The molecule has 7 nitrogen and oxygen atoms in total. The fraction of sp³-hybridized carbons (Fsp3) is 0.500. The van der Waals surface area contributed by atoms with Gasteiger partial charge in [0, 0.05) is 25.7 Å². The summed E-state index contributed by atoms with van der Waals surface area (Å²) >= 11 is 0. The van der Waals surface area contributed by atoms with Crippen molar-refractivity contribution < 1.29 is 14.0 Å². The molecule has 0 radical (unpaired) electrons. The molecule has 148 valence electrons. The molecule has 1 N–H and O–H groups in total. The van der Waals surface area contributed by atoms with Crippen LogP contribution in [0.1, 0.15) is 23.9 Å². The minimum absolute atomic E-state index is 0.567. The topological polar surface area (TPSA) is 72.1 Å². The molecule has 0 aliphatic carbocycles. The van der Waals surface area contributed by atoms with Crippen molar-refractivity contribution >= 4 is 5.96 Å². The van der Waals surface area contributed by atoms with Crippen molar-refractivity contribution in [1.29, 1.82) is 0 Å². The highest BCUT2D eigenvalue weighted by Gasteiger charge is 2.09. The van der Waals surface area contributed by atoms with Gasteiger partial charge in [0.25, 0.3) is 0 Å². The second-order valence-electron chi connectivity index (χ2n) is 6.23. The maximum atomic E-state index is 5.80. The summed E-state index contributed by atoms with van der Waals surface area (Å²) < 4.78 is 16.2. The smallest absolute Gasteiger partial charge is 0.193 e. The van der Waals surface area contributed by atoms with Crippen molar-refractivity contribution in [3.63, 3.8) is 0 Å². The maximum Gasteiger partial charge on any atom is 0.193 e. The van der Waals surface area contributed by atoms with Gasteiger partial charge in [-0.25, -0.2) is 0 Å². The Balaban J connectivity index is 1.84. The minimum Gasteiger partial charge on any atom is -0.497 e. The lowest BCUT2D eigenvalue weighted by Gasteiger charge is -2.22. The predicted molar refractivity (Wildman–Crippen MR) is 107 cm³/mol. The Morgan fingerprint density at radius 3 is 2.52 bits per heavy atom.